The van der Waals surface area contributed by atoms with E-state index >= 15 is 0 Å². The minimum absolute atomic E-state index is 0.00382. The maximum Gasteiger partial charge on any atom is 0.407 e. The molecule has 6 nitrogen and oxygen atoms in total. The maximum atomic E-state index is 12.0. The van der Waals surface area contributed by atoms with Gasteiger partial charge in [-0.1, -0.05) is 67.6 Å². The van der Waals surface area contributed by atoms with Gasteiger partial charge < -0.3 is 20.5 Å². The largest absolute Gasteiger partial charge is 0.448 e. The summed E-state index contributed by atoms with van der Waals surface area (Å²) in [6, 6.07) is 18.9. The average molecular weight is 356 g/mol. The second-order valence-corrected chi connectivity index (χ2v) is 5.92. The molecule has 0 heterocycles. The molecule has 26 heavy (non-hydrogen) atoms. The number of hydrogen-bond acceptors (Lipinski definition) is 4. The lowest BCUT2D eigenvalue weighted by Crippen LogP contribution is -2.42. The summed E-state index contributed by atoms with van der Waals surface area (Å²) in [7, 11) is 0. The van der Waals surface area contributed by atoms with Gasteiger partial charge in [-0.3, -0.25) is 0 Å². The number of amides is 2. The van der Waals surface area contributed by atoms with Crippen LogP contribution in [0.4, 0.5) is 9.59 Å². The van der Waals surface area contributed by atoms with Crippen LogP contribution in [-0.4, -0.2) is 31.9 Å². The van der Waals surface area contributed by atoms with Crippen molar-refractivity contribution in [2.24, 2.45) is 5.73 Å². The number of alkyl carbamates (subject to hydrolysis) is 1. The monoisotopic (exact) mass is 356 g/mol. The fourth-order valence-corrected chi connectivity index (χ4v) is 2.72. The Morgan fingerprint density at radius 3 is 1.88 bits per heavy atom. The summed E-state index contributed by atoms with van der Waals surface area (Å²) in [6.07, 6.45) is -0.582. The van der Waals surface area contributed by atoms with Gasteiger partial charge in [0.2, 0.25) is 0 Å². The van der Waals surface area contributed by atoms with E-state index in [1.807, 2.05) is 67.6 Å². The smallest absolute Gasteiger partial charge is 0.407 e. The number of benzene rings is 2. The first-order valence-corrected chi connectivity index (χ1v) is 8.52. The number of hydrogen-bond donors (Lipinski definition) is 2. The molecule has 0 fully saturated rings. The summed E-state index contributed by atoms with van der Waals surface area (Å²) < 4.78 is 10.6. The van der Waals surface area contributed by atoms with Crippen LogP contribution in [0.25, 0.3) is 0 Å². The van der Waals surface area contributed by atoms with Gasteiger partial charge in [-0.2, -0.15) is 0 Å². The zero-order chi connectivity index (χ0) is 18.8. The molecule has 0 saturated heterocycles. The van der Waals surface area contributed by atoms with E-state index in [2.05, 4.69) is 5.32 Å². The summed E-state index contributed by atoms with van der Waals surface area (Å²) in [5.41, 5.74) is 6.05. The lowest BCUT2D eigenvalue weighted by molar-refractivity contribution is 0.0856. The molecule has 0 spiro atoms. The Balaban J connectivity index is 2.39. The molecule has 138 valence electrons. The maximum absolute atomic E-state index is 12.0. The number of ether oxygens (including phenoxy) is 2. The number of nitrogens with two attached hydrogens (primary N) is 1. The Hall–Kier alpha value is -3.02. The van der Waals surface area contributed by atoms with Gasteiger partial charge in [0.25, 0.3) is 0 Å². The van der Waals surface area contributed by atoms with E-state index in [4.69, 9.17) is 15.2 Å². The van der Waals surface area contributed by atoms with E-state index < -0.39 is 17.6 Å². The van der Waals surface area contributed by atoms with Crippen LogP contribution in [-0.2, 0) is 14.9 Å². The topological polar surface area (TPSA) is 90.7 Å². The van der Waals surface area contributed by atoms with Crippen molar-refractivity contribution in [1.29, 1.82) is 0 Å². The van der Waals surface area contributed by atoms with Crippen molar-refractivity contribution in [2.45, 2.75) is 18.8 Å². The third-order valence-electron chi connectivity index (χ3n) is 4.08. The standard InChI is InChI=1S/C20H24N2O4/c1-2-13-22-19(24)26-15-20(14-25-18(21)23,16-9-5-3-6-10-16)17-11-7-4-8-12-17/h3-12H,2,13-15H2,1H3,(H2,21,23)(H,22,24). The molecule has 2 amide bonds. The molecule has 2 aromatic carbocycles. The molecule has 2 rings (SSSR count). The van der Waals surface area contributed by atoms with Gasteiger partial charge in [0.1, 0.15) is 13.2 Å². The second-order valence-electron chi connectivity index (χ2n) is 5.92. The molecule has 0 aliphatic heterocycles. The molecule has 3 N–H and O–H groups in total. The van der Waals surface area contributed by atoms with Crippen LogP contribution >= 0.6 is 0 Å². The molecular weight excluding hydrogens is 332 g/mol. The van der Waals surface area contributed by atoms with Crippen LogP contribution in [0.2, 0.25) is 0 Å². The fourth-order valence-electron chi connectivity index (χ4n) is 2.72. The molecule has 0 bridgehead atoms. The number of nitrogens with one attached hydrogen (secondary N) is 1. The molecule has 6 heteroatoms. The van der Waals surface area contributed by atoms with Gasteiger partial charge in [-0.15, -0.1) is 0 Å². The van der Waals surface area contributed by atoms with Crippen molar-refractivity contribution >= 4 is 12.2 Å². The molecule has 0 atom stereocenters. The second kappa shape index (κ2) is 9.46. The third kappa shape index (κ3) is 4.99. The molecule has 0 aromatic heterocycles. The van der Waals surface area contributed by atoms with Gasteiger partial charge in [0, 0.05) is 6.54 Å². The molecule has 0 aliphatic carbocycles. The SMILES string of the molecule is CCCNC(=O)OCC(COC(N)=O)(c1ccccc1)c1ccccc1. The fraction of sp³-hybridized carbons (Fsp3) is 0.300. The molecule has 0 radical (unpaired) electrons. The predicted molar refractivity (Wildman–Crippen MR) is 98.8 cm³/mol. The van der Waals surface area contributed by atoms with Crippen molar-refractivity contribution < 1.29 is 19.1 Å². The van der Waals surface area contributed by atoms with Gasteiger partial charge in [0.05, 0.1) is 5.41 Å². The Labute approximate surface area is 153 Å². The number of rotatable bonds is 8. The van der Waals surface area contributed by atoms with E-state index in [0.29, 0.717) is 6.54 Å². The van der Waals surface area contributed by atoms with Crippen molar-refractivity contribution in [3.05, 3.63) is 71.8 Å². The van der Waals surface area contributed by atoms with Crippen LogP contribution in [0.1, 0.15) is 24.5 Å². The lowest BCUT2D eigenvalue weighted by Gasteiger charge is -2.33. The van der Waals surface area contributed by atoms with Gasteiger partial charge in [-0.25, -0.2) is 9.59 Å². The van der Waals surface area contributed by atoms with Crippen molar-refractivity contribution in [2.75, 3.05) is 19.8 Å². The molecule has 0 unspecified atom stereocenters. The third-order valence-corrected chi connectivity index (χ3v) is 4.08. The Bertz CT molecular complexity index is 665. The zero-order valence-corrected chi connectivity index (χ0v) is 14.8. The van der Waals surface area contributed by atoms with Crippen LogP contribution in [0, 0.1) is 0 Å². The van der Waals surface area contributed by atoms with Crippen molar-refractivity contribution in [3.63, 3.8) is 0 Å². The summed E-state index contributed by atoms with van der Waals surface area (Å²) in [6.45, 7) is 2.45. The first kappa shape index (κ1) is 19.3. The van der Waals surface area contributed by atoms with E-state index in [0.717, 1.165) is 17.5 Å². The van der Waals surface area contributed by atoms with Gasteiger partial charge in [0.15, 0.2) is 0 Å². The lowest BCUT2D eigenvalue weighted by atomic mass is 9.75. The number of primary amides is 1. The van der Waals surface area contributed by atoms with Crippen LogP contribution in [0.15, 0.2) is 60.7 Å². The van der Waals surface area contributed by atoms with E-state index in [1.54, 1.807) is 0 Å². The molecule has 0 aliphatic rings. The normalized spacial score (nSPS) is 10.8. The number of carbonyl (C=O) groups is 2. The first-order chi connectivity index (χ1) is 12.6. The first-order valence-electron chi connectivity index (χ1n) is 8.52. The highest BCUT2D eigenvalue weighted by molar-refractivity contribution is 5.67. The Kier molecular flexibility index (Phi) is 7.02. The van der Waals surface area contributed by atoms with Crippen molar-refractivity contribution in [3.8, 4) is 0 Å². The summed E-state index contributed by atoms with van der Waals surface area (Å²) in [4.78, 5) is 23.3. The summed E-state index contributed by atoms with van der Waals surface area (Å²) in [5, 5.41) is 2.68. The summed E-state index contributed by atoms with van der Waals surface area (Å²) >= 11 is 0. The van der Waals surface area contributed by atoms with Gasteiger partial charge in [-0.05, 0) is 17.5 Å². The van der Waals surface area contributed by atoms with E-state index in [9.17, 15) is 9.59 Å². The highest BCUT2D eigenvalue weighted by Gasteiger charge is 2.37. The van der Waals surface area contributed by atoms with E-state index in [1.165, 1.54) is 0 Å². The molecule has 0 saturated carbocycles. The predicted octanol–water partition coefficient (Wildman–Crippen LogP) is 3.20. The Morgan fingerprint density at radius 1 is 0.923 bits per heavy atom. The Morgan fingerprint density at radius 2 is 1.42 bits per heavy atom. The van der Waals surface area contributed by atoms with Crippen molar-refractivity contribution in [1.82, 2.24) is 5.32 Å². The molecular formula is C20H24N2O4. The highest BCUT2D eigenvalue weighted by Crippen LogP contribution is 2.33. The average Bonchev–Trinajstić information content (AvgIpc) is 2.68. The minimum atomic E-state index is -0.878. The van der Waals surface area contributed by atoms with Crippen LogP contribution in [0.5, 0.6) is 0 Å². The van der Waals surface area contributed by atoms with Crippen LogP contribution < -0.4 is 11.1 Å². The quantitative estimate of drug-likeness (QED) is 0.760. The summed E-state index contributed by atoms with van der Waals surface area (Å²) in [5.74, 6) is 0. The highest BCUT2D eigenvalue weighted by atomic mass is 16.6. The van der Waals surface area contributed by atoms with Gasteiger partial charge >= 0.3 is 12.2 Å². The van der Waals surface area contributed by atoms with Crippen LogP contribution in [0.3, 0.4) is 0 Å². The zero-order valence-electron chi connectivity index (χ0n) is 14.8. The minimum Gasteiger partial charge on any atom is -0.448 e. The number of carbonyl (C=O) groups excluding carboxylic acids is 2. The molecule has 2 aromatic rings. The van der Waals surface area contributed by atoms with E-state index in [-0.39, 0.29) is 13.2 Å².